The highest BCUT2D eigenvalue weighted by atomic mass is 35.5. The molecular weight excluding hydrogens is 213 g/mol. The molecule has 0 unspecified atom stereocenters. The summed E-state index contributed by atoms with van der Waals surface area (Å²) < 4.78 is 13.0. The first-order chi connectivity index (χ1) is 6.65. The van der Waals surface area contributed by atoms with Gasteiger partial charge in [0.25, 0.3) is 0 Å². The van der Waals surface area contributed by atoms with Crippen molar-refractivity contribution >= 4 is 12.4 Å². The maximum atomic E-state index is 13.0. The van der Waals surface area contributed by atoms with Gasteiger partial charge >= 0.3 is 0 Å². The summed E-state index contributed by atoms with van der Waals surface area (Å²) in [7, 11) is 0. The molecule has 1 atom stereocenters. The van der Waals surface area contributed by atoms with E-state index in [-0.39, 0.29) is 24.3 Å². The van der Waals surface area contributed by atoms with Crippen molar-refractivity contribution in [1.82, 2.24) is 0 Å². The molecule has 0 fully saturated rings. The Bertz CT molecular complexity index is 302. The van der Waals surface area contributed by atoms with Crippen LogP contribution in [0.1, 0.15) is 43.4 Å². The zero-order valence-corrected chi connectivity index (χ0v) is 10.1. The second kappa shape index (κ2) is 6.81. The molecule has 0 saturated carbocycles. The van der Waals surface area contributed by atoms with Crippen molar-refractivity contribution in [3.63, 3.8) is 0 Å². The van der Waals surface area contributed by atoms with Crippen molar-refractivity contribution in [3.05, 3.63) is 35.1 Å². The largest absolute Gasteiger partial charge is 0.324 e. The molecule has 0 bridgehead atoms. The lowest BCUT2D eigenvalue weighted by atomic mass is 10.0. The Labute approximate surface area is 97.3 Å². The molecule has 1 aromatic carbocycles. The van der Waals surface area contributed by atoms with E-state index >= 15 is 0 Å². The van der Waals surface area contributed by atoms with Crippen molar-refractivity contribution < 1.29 is 4.39 Å². The van der Waals surface area contributed by atoms with E-state index < -0.39 is 0 Å². The van der Waals surface area contributed by atoms with Crippen LogP contribution in [0.25, 0.3) is 0 Å². The van der Waals surface area contributed by atoms with Crippen LogP contribution in [0, 0.1) is 12.7 Å². The normalized spacial score (nSPS) is 12.0. The summed E-state index contributed by atoms with van der Waals surface area (Å²) in [6.07, 6.45) is 3.24. The van der Waals surface area contributed by atoms with Gasteiger partial charge in [0.05, 0.1) is 0 Å². The third-order valence-corrected chi connectivity index (χ3v) is 2.48. The van der Waals surface area contributed by atoms with E-state index in [1.807, 2.05) is 6.07 Å². The van der Waals surface area contributed by atoms with Crippen LogP contribution in [0.15, 0.2) is 18.2 Å². The lowest BCUT2D eigenvalue weighted by molar-refractivity contribution is 0.593. The van der Waals surface area contributed by atoms with E-state index in [0.717, 1.165) is 24.8 Å². The number of hydrogen-bond donors (Lipinski definition) is 1. The molecule has 0 aliphatic heterocycles. The minimum absolute atomic E-state index is 0. The molecule has 3 heteroatoms. The highest BCUT2D eigenvalue weighted by Crippen LogP contribution is 2.19. The van der Waals surface area contributed by atoms with Gasteiger partial charge in [0, 0.05) is 6.04 Å². The molecule has 15 heavy (non-hydrogen) atoms. The fraction of sp³-hybridized carbons (Fsp3) is 0.500. The average molecular weight is 232 g/mol. The predicted molar refractivity (Wildman–Crippen MR) is 64.8 cm³/mol. The van der Waals surface area contributed by atoms with Gasteiger partial charge in [-0.3, -0.25) is 0 Å². The minimum Gasteiger partial charge on any atom is -0.324 e. The molecule has 86 valence electrons. The van der Waals surface area contributed by atoms with E-state index in [2.05, 4.69) is 6.92 Å². The summed E-state index contributed by atoms with van der Waals surface area (Å²) in [5.41, 5.74) is 7.69. The summed E-state index contributed by atoms with van der Waals surface area (Å²) in [5, 5.41) is 0. The molecule has 1 aromatic rings. The molecule has 2 N–H and O–H groups in total. The molecule has 0 radical (unpaired) electrons. The Morgan fingerprint density at radius 1 is 1.40 bits per heavy atom. The number of unbranched alkanes of at least 4 members (excludes halogenated alkanes) is 1. The monoisotopic (exact) mass is 231 g/mol. The van der Waals surface area contributed by atoms with Gasteiger partial charge in [0.1, 0.15) is 5.82 Å². The number of halogens is 2. The van der Waals surface area contributed by atoms with Crippen molar-refractivity contribution in [3.8, 4) is 0 Å². The van der Waals surface area contributed by atoms with E-state index in [9.17, 15) is 4.39 Å². The van der Waals surface area contributed by atoms with Crippen molar-refractivity contribution in [2.45, 2.75) is 39.2 Å². The van der Waals surface area contributed by atoms with Gasteiger partial charge in [-0.1, -0.05) is 31.9 Å². The molecule has 1 rings (SSSR count). The fourth-order valence-electron chi connectivity index (χ4n) is 1.49. The van der Waals surface area contributed by atoms with Crippen LogP contribution in [0.4, 0.5) is 4.39 Å². The third kappa shape index (κ3) is 4.18. The summed E-state index contributed by atoms with van der Waals surface area (Å²) in [6.45, 7) is 3.91. The van der Waals surface area contributed by atoms with Crippen molar-refractivity contribution in [1.29, 1.82) is 0 Å². The zero-order chi connectivity index (χ0) is 10.6. The third-order valence-electron chi connectivity index (χ3n) is 2.48. The van der Waals surface area contributed by atoms with Gasteiger partial charge in [-0.25, -0.2) is 4.39 Å². The van der Waals surface area contributed by atoms with Gasteiger partial charge < -0.3 is 5.73 Å². The molecule has 0 aromatic heterocycles. The molecule has 0 aliphatic carbocycles. The number of hydrogen-bond acceptors (Lipinski definition) is 1. The predicted octanol–water partition coefficient (Wildman–Crippen LogP) is 3.75. The first kappa shape index (κ1) is 14.4. The minimum atomic E-state index is -0.156. The van der Waals surface area contributed by atoms with Gasteiger partial charge in [-0.15, -0.1) is 12.4 Å². The Kier molecular flexibility index (Phi) is 6.53. The maximum Gasteiger partial charge on any atom is 0.126 e. The quantitative estimate of drug-likeness (QED) is 0.839. The number of nitrogens with two attached hydrogens (primary N) is 1. The summed E-state index contributed by atoms with van der Waals surface area (Å²) in [6, 6.07) is 5.17. The van der Waals surface area contributed by atoms with Gasteiger partial charge in [0.15, 0.2) is 0 Å². The van der Waals surface area contributed by atoms with Crippen LogP contribution in [0.3, 0.4) is 0 Å². The van der Waals surface area contributed by atoms with E-state index in [1.54, 1.807) is 13.0 Å². The van der Waals surface area contributed by atoms with Crippen LogP contribution in [0.5, 0.6) is 0 Å². The van der Waals surface area contributed by atoms with Crippen LogP contribution in [-0.2, 0) is 0 Å². The molecular formula is C12H19ClFN. The molecule has 1 nitrogen and oxygen atoms in total. The van der Waals surface area contributed by atoms with Crippen LogP contribution >= 0.6 is 12.4 Å². The zero-order valence-electron chi connectivity index (χ0n) is 9.29. The summed E-state index contributed by atoms with van der Waals surface area (Å²) in [4.78, 5) is 0. The van der Waals surface area contributed by atoms with Crippen molar-refractivity contribution in [2.75, 3.05) is 0 Å². The second-order valence-corrected chi connectivity index (χ2v) is 3.76. The van der Waals surface area contributed by atoms with Crippen LogP contribution in [0.2, 0.25) is 0 Å². The number of rotatable bonds is 4. The first-order valence-corrected chi connectivity index (χ1v) is 5.16. The highest BCUT2D eigenvalue weighted by Gasteiger charge is 2.06. The van der Waals surface area contributed by atoms with E-state index in [0.29, 0.717) is 5.56 Å². The van der Waals surface area contributed by atoms with Gasteiger partial charge in [-0.05, 0) is 30.5 Å². The Balaban J connectivity index is 0.00000196. The summed E-state index contributed by atoms with van der Waals surface area (Å²) >= 11 is 0. The van der Waals surface area contributed by atoms with Crippen LogP contribution < -0.4 is 5.73 Å². The number of aryl methyl sites for hydroxylation is 1. The molecule has 0 spiro atoms. The molecule has 0 saturated heterocycles. The maximum absolute atomic E-state index is 13.0. The number of benzene rings is 1. The molecule has 0 aliphatic rings. The van der Waals surface area contributed by atoms with Crippen LogP contribution in [-0.4, -0.2) is 0 Å². The SMILES string of the molecule is CCCC[C@@H](N)c1ccc(F)c(C)c1.Cl. The van der Waals surface area contributed by atoms with E-state index in [4.69, 9.17) is 5.73 Å². The fourth-order valence-corrected chi connectivity index (χ4v) is 1.49. The first-order valence-electron chi connectivity index (χ1n) is 5.16. The van der Waals surface area contributed by atoms with Gasteiger partial charge in [0.2, 0.25) is 0 Å². The van der Waals surface area contributed by atoms with Crippen molar-refractivity contribution in [2.24, 2.45) is 5.73 Å². The Morgan fingerprint density at radius 2 is 2.07 bits per heavy atom. The van der Waals surface area contributed by atoms with Gasteiger partial charge in [-0.2, -0.15) is 0 Å². The lowest BCUT2D eigenvalue weighted by Crippen LogP contribution is -2.10. The summed E-state index contributed by atoms with van der Waals surface area (Å²) in [5.74, 6) is -0.156. The topological polar surface area (TPSA) is 26.0 Å². The lowest BCUT2D eigenvalue weighted by Gasteiger charge is -2.12. The Morgan fingerprint density at radius 3 is 2.60 bits per heavy atom. The molecule has 0 heterocycles. The Hall–Kier alpha value is -0.600. The second-order valence-electron chi connectivity index (χ2n) is 3.76. The molecule has 0 amide bonds. The van der Waals surface area contributed by atoms with E-state index in [1.165, 1.54) is 6.07 Å². The standard InChI is InChI=1S/C12H18FN.ClH/c1-3-4-5-12(14)10-6-7-11(13)9(2)8-10;/h6-8,12H,3-5,14H2,1-2H3;1H/t12-;/m1./s1. The smallest absolute Gasteiger partial charge is 0.126 e. The highest BCUT2D eigenvalue weighted by molar-refractivity contribution is 5.85. The average Bonchev–Trinajstić information content (AvgIpc) is 2.18.